The molecule has 3 N–H and O–H groups in total. The first-order valence-corrected chi connectivity index (χ1v) is 8.36. The summed E-state index contributed by atoms with van der Waals surface area (Å²) in [6, 6.07) is 4.93. The van der Waals surface area contributed by atoms with E-state index >= 15 is 0 Å². The smallest absolute Gasteiger partial charge is 0.305 e. The highest BCUT2D eigenvalue weighted by Gasteiger charge is 2.17. The first kappa shape index (κ1) is 19.1. The third-order valence-corrected chi connectivity index (χ3v) is 4.32. The van der Waals surface area contributed by atoms with E-state index in [1.54, 1.807) is 6.92 Å². The van der Waals surface area contributed by atoms with Gasteiger partial charge in [0.05, 0.1) is 17.9 Å². The van der Waals surface area contributed by atoms with Crippen LogP contribution in [-0.2, 0) is 19.6 Å². The summed E-state index contributed by atoms with van der Waals surface area (Å²) in [7, 11) is -2.28. The Hall–Kier alpha value is -1.97. The Morgan fingerprint density at radius 3 is 2.65 bits per heavy atom. The van der Waals surface area contributed by atoms with Crippen molar-refractivity contribution in [3.05, 3.63) is 29.8 Å². The van der Waals surface area contributed by atoms with Crippen LogP contribution in [0.3, 0.4) is 0 Å². The van der Waals surface area contributed by atoms with Crippen molar-refractivity contribution in [2.24, 2.45) is 0 Å². The molecule has 23 heavy (non-hydrogen) atoms. The molecule has 0 aliphatic rings. The number of sulfonamides is 1. The molecule has 0 saturated carbocycles. The molecule has 0 aliphatic carbocycles. The molecule has 0 aromatic heterocycles. The Labute approximate surface area is 134 Å². The normalized spacial score (nSPS) is 12.6. The zero-order valence-corrected chi connectivity index (χ0v) is 13.7. The lowest BCUT2D eigenvalue weighted by Crippen LogP contribution is -2.34. The highest BCUT2D eigenvalue weighted by Crippen LogP contribution is 2.11. The molecule has 1 amide bonds. The number of hydrogen-bond acceptors (Lipinski definition) is 5. The molecule has 0 fully saturated rings. The van der Waals surface area contributed by atoms with Gasteiger partial charge in [-0.3, -0.25) is 9.59 Å². The molecule has 1 aromatic rings. The van der Waals surface area contributed by atoms with Crippen molar-refractivity contribution >= 4 is 21.9 Å². The van der Waals surface area contributed by atoms with Crippen LogP contribution in [0.1, 0.15) is 23.7 Å². The summed E-state index contributed by atoms with van der Waals surface area (Å²) in [6.45, 7) is 1.90. The van der Waals surface area contributed by atoms with Crippen LogP contribution >= 0.6 is 0 Å². The number of benzene rings is 1. The van der Waals surface area contributed by atoms with Crippen LogP contribution in [0.2, 0.25) is 0 Å². The van der Waals surface area contributed by atoms with E-state index in [0.29, 0.717) is 0 Å². The molecule has 0 bridgehead atoms. The predicted octanol–water partition coefficient (Wildman–Crippen LogP) is 0.204. The second-order valence-electron chi connectivity index (χ2n) is 4.89. The quantitative estimate of drug-likeness (QED) is 0.550. The molecule has 0 radical (unpaired) electrons. The summed E-state index contributed by atoms with van der Waals surface area (Å²) < 4.78 is 31.3. The van der Waals surface area contributed by atoms with E-state index in [1.165, 1.54) is 31.4 Å². The number of carboxylic acids is 1. The highest BCUT2D eigenvalue weighted by molar-refractivity contribution is 7.89. The molecule has 128 valence electrons. The summed E-state index contributed by atoms with van der Waals surface area (Å²) in [5, 5.41) is 11.2. The van der Waals surface area contributed by atoms with E-state index in [-0.39, 0.29) is 30.0 Å². The fraction of sp³-hybridized carbons (Fsp3) is 0.429. The van der Waals surface area contributed by atoms with Crippen molar-refractivity contribution in [3.63, 3.8) is 0 Å². The van der Waals surface area contributed by atoms with Crippen LogP contribution in [0.15, 0.2) is 29.2 Å². The molecule has 0 spiro atoms. The number of ether oxygens (including phenoxy) is 1. The second-order valence-corrected chi connectivity index (χ2v) is 6.66. The zero-order chi connectivity index (χ0) is 17.5. The van der Waals surface area contributed by atoms with Gasteiger partial charge in [0.1, 0.15) is 0 Å². The molecule has 1 unspecified atom stereocenters. The third kappa shape index (κ3) is 6.35. The summed E-state index contributed by atoms with van der Waals surface area (Å²) in [5.41, 5.74) is 0.136. The topological polar surface area (TPSA) is 122 Å². The number of carbonyl (C=O) groups excluding carboxylic acids is 1. The van der Waals surface area contributed by atoms with E-state index in [9.17, 15) is 18.0 Å². The first-order chi connectivity index (χ1) is 10.8. The Kier molecular flexibility index (Phi) is 7.14. The average molecular weight is 344 g/mol. The van der Waals surface area contributed by atoms with E-state index in [1.807, 2.05) is 0 Å². The highest BCUT2D eigenvalue weighted by atomic mass is 32.2. The fourth-order valence-corrected chi connectivity index (χ4v) is 2.84. The van der Waals surface area contributed by atoms with Gasteiger partial charge < -0.3 is 15.2 Å². The number of carbonyl (C=O) groups is 2. The number of nitrogens with one attached hydrogen (secondary N) is 2. The summed E-state index contributed by atoms with van der Waals surface area (Å²) in [4.78, 5) is 22.6. The SMILES string of the molecule is COCCNS(=O)(=O)c1cccc(C(=O)NC(C)CC(=O)O)c1. The number of amides is 1. The molecule has 0 aliphatic heterocycles. The van der Waals surface area contributed by atoms with Crippen LogP contribution in [0, 0.1) is 0 Å². The molecule has 1 rings (SSSR count). The van der Waals surface area contributed by atoms with E-state index < -0.39 is 27.9 Å². The summed E-state index contributed by atoms with van der Waals surface area (Å²) >= 11 is 0. The van der Waals surface area contributed by atoms with Crippen LogP contribution in [0.5, 0.6) is 0 Å². The number of aliphatic carboxylic acids is 1. The van der Waals surface area contributed by atoms with Gasteiger partial charge in [0, 0.05) is 25.3 Å². The van der Waals surface area contributed by atoms with Crippen LogP contribution in [0.25, 0.3) is 0 Å². The van der Waals surface area contributed by atoms with E-state index in [0.717, 1.165) is 0 Å². The maximum Gasteiger partial charge on any atom is 0.305 e. The number of rotatable bonds is 9. The summed E-state index contributed by atoms with van der Waals surface area (Å²) in [6.07, 6.45) is -0.220. The molecule has 0 heterocycles. The van der Waals surface area contributed by atoms with Gasteiger partial charge in [-0.25, -0.2) is 13.1 Å². The van der Waals surface area contributed by atoms with Crippen molar-refractivity contribution in [3.8, 4) is 0 Å². The number of carboxylic acid groups (broad SMARTS) is 1. The molecule has 8 nitrogen and oxygen atoms in total. The second kappa shape index (κ2) is 8.61. The van der Waals surface area contributed by atoms with Gasteiger partial charge in [-0.1, -0.05) is 6.07 Å². The van der Waals surface area contributed by atoms with Crippen LogP contribution in [-0.4, -0.2) is 51.7 Å². The minimum Gasteiger partial charge on any atom is -0.481 e. The minimum absolute atomic E-state index is 0.0489. The maximum absolute atomic E-state index is 12.1. The predicted molar refractivity (Wildman–Crippen MR) is 82.7 cm³/mol. The Morgan fingerprint density at radius 1 is 1.35 bits per heavy atom. The molecular weight excluding hydrogens is 324 g/mol. The zero-order valence-electron chi connectivity index (χ0n) is 12.9. The van der Waals surface area contributed by atoms with E-state index in [4.69, 9.17) is 9.84 Å². The van der Waals surface area contributed by atoms with Gasteiger partial charge in [-0.05, 0) is 25.1 Å². The van der Waals surface area contributed by atoms with Gasteiger partial charge in [0.15, 0.2) is 0 Å². The van der Waals surface area contributed by atoms with E-state index in [2.05, 4.69) is 10.0 Å². The molecule has 9 heteroatoms. The van der Waals surface area contributed by atoms with Crippen molar-refractivity contribution in [2.45, 2.75) is 24.3 Å². The van der Waals surface area contributed by atoms with Gasteiger partial charge in [-0.15, -0.1) is 0 Å². The number of hydrogen-bond donors (Lipinski definition) is 3. The number of methoxy groups -OCH3 is 1. The monoisotopic (exact) mass is 344 g/mol. The van der Waals surface area contributed by atoms with Gasteiger partial charge in [0.2, 0.25) is 10.0 Å². The maximum atomic E-state index is 12.1. The van der Waals surface area contributed by atoms with Crippen LogP contribution in [0.4, 0.5) is 0 Å². The first-order valence-electron chi connectivity index (χ1n) is 6.87. The van der Waals surface area contributed by atoms with Crippen molar-refractivity contribution in [1.82, 2.24) is 10.0 Å². The van der Waals surface area contributed by atoms with Crippen molar-refractivity contribution < 1.29 is 27.9 Å². The molecule has 1 aromatic carbocycles. The lowest BCUT2D eigenvalue weighted by atomic mass is 10.2. The largest absolute Gasteiger partial charge is 0.481 e. The third-order valence-electron chi connectivity index (χ3n) is 2.86. The molecule has 0 saturated heterocycles. The lowest BCUT2D eigenvalue weighted by molar-refractivity contribution is -0.137. The van der Waals surface area contributed by atoms with Crippen LogP contribution < -0.4 is 10.0 Å². The Morgan fingerprint density at radius 2 is 2.04 bits per heavy atom. The standard InChI is InChI=1S/C14H20N2O6S/c1-10(8-13(17)18)16-14(19)11-4-3-5-12(9-11)23(20,21)15-6-7-22-2/h3-5,9-10,15H,6-8H2,1-2H3,(H,16,19)(H,17,18). The van der Waals surface area contributed by atoms with Gasteiger partial charge in [0.25, 0.3) is 5.91 Å². The molecular formula is C14H20N2O6S. The van der Waals surface area contributed by atoms with Gasteiger partial charge in [-0.2, -0.15) is 0 Å². The Bertz CT molecular complexity index is 659. The molecule has 1 atom stereocenters. The summed E-state index contributed by atoms with van der Waals surface area (Å²) in [5.74, 6) is -1.57. The lowest BCUT2D eigenvalue weighted by Gasteiger charge is -2.12. The Balaban J connectivity index is 2.83. The average Bonchev–Trinajstić information content (AvgIpc) is 2.46. The van der Waals surface area contributed by atoms with Crippen molar-refractivity contribution in [2.75, 3.05) is 20.3 Å². The van der Waals surface area contributed by atoms with Gasteiger partial charge >= 0.3 is 5.97 Å². The van der Waals surface area contributed by atoms with Crippen molar-refractivity contribution in [1.29, 1.82) is 0 Å². The fourth-order valence-electron chi connectivity index (χ4n) is 1.79. The minimum atomic E-state index is -3.74.